The van der Waals surface area contributed by atoms with E-state index in [9.17, 15) is 4.79 Å². The molecule has 0 amide bonds. The van der Waals surface area contributed by atoms with E-state index in [1.165, 1.54) is 6.07 Å². The fourth-order valence-corrected chi connectivity index (χ4v) is 6.48. The van der Waals surface area contributed by atoms with Gasteiger partial charge in [0.05, 0.1) is 23.5 Å². The van der Waals surface area contributed by atoms with Crippen molar-refractivity contribution in [1.82, 2.24) is 15.0 Å². The van der Waals surface area contributed by atoms with Gasteiger partial charge in [-0.1, -0.05) is 56.7 Å². The van der Waals surface area contributed by atoms with Crippen LogP contribution in [0.5, 0.6) is 0 Å². The highest BCUT2D eigenvalue weighted by molar-refractivity contribution is 6.00. The van der Waals surface area contributed by atoms with Crippen LogP contribution in [-0.4, -0.2) is 20.7 Å². The molecule has 0 N–H and O–H groups in total. The van der Waals surface area contributed by atoms with Gasteiger partial charge in [-0.2, -0.15) is 0 Å². The smallest absolute Gasteiger partial charge is 0.226 e. The van der Waals surface area contributed by atoms with Crippen molar-refractivity contribution in [3.63, 3.8) is 0 Å². The third kappa shape index (κ3) is 3.65. The van der Waals surface area contributed by atoms with Crippen molar-refractivity contribution in [3.05, 3.63) is 101 Å². The van der Waals surface area contributed by atoms with Crippen molar-refractivity contribution in [2.24, 2.45) is 11.8 Å². The zero-order chi connectivity index (χ0) is 26.4. The third-order valence-corrected chi connectivity index (χ3v) is 8.24. The minimum Gasteiger partial charge on any atom is -0.308 e. The maximum absolute atomic E-state index is 15.2. The van der Waals surface area contributed by atoms with Crippen LogP contribution in [0.15, 0.2) is 72.6 Å². The van der Waals surface area contributed by atoms with E-state index in [4.69, 9.17) is 16.5 Å². The number of ketones is 1. The molecular formula is C32H27FN4O. The number of pyridine rings is 1. The molecule has 0 fully saturated rings. The normalized spacial score (nSPS) is 22.4. The predicted molar refractivity (Wildman–Crippen MR) is 145 cm³/mol. The molecule has 2 aliphatic carbocycles. The van der Waals surface area contributed by atoms with E-state index in [1.54, 1.807) is 18.3 Å². The second kappa shape index (κ2) is 9.25. The topological polar surface area (TPSA) is 60.1 Å². The van der Waals surface area contributed by atoms with Crippen LogP contribution < -0.4 is 0 Å². The van der Waals surface area contributed by atoms with Crippen molar-refractivity contribution in [2.45, 2.75) is 44.9 Å². The molecule has 0 bridgehead atoms. The largest absolute Gasteiger partial charge is 0.308 e. The molecule has 2 aromatic carbocycles. The van der Waals surface area contributed by atoms with Gasteiger partial charge in [0.2, 0.25) is 5.70 Å². The van der Waals surface area contributed by atoms with Crippen LogP contribution >= 0.6 is 0 Å². The number of carbonyl (C=O) groups excluding carboxylic acids is 1. The van der Waals surface area contributed by atoms with Crippen molar-refractivity contribution in [3.8, 4) is 22.6 Å². The number of rotatable bonds is 4. The Labute approximate surface area is 221 Å². The first-order chi connectivity index (χ1) is 18.5. The number of allylic oxidation sites excluding steroid dienone is 2. The van der Waals surface area contributed by atoms with Crippen molar-refractivity contribution in [1.29, 1.82) is 0 Å². The summed E-state index contributed by atoms with van der Waals surface area (Å²) in [6.45, 7) is 11.9. The van der Waals surface area contributed by atoms with Crippen molar-refractivity contribution >= 4 is 16.7 Å². The first kappa shape index (κ1) is 24.1. The Morgan fingerprint density at radius 1 is 1.08 bits per heavy atom. The summed E-state index contributed by atoms with van der Waals surface area (Å²) in [5.41, 5.74) is 3.84. The highest BCUT2D eigenvalue weighted by Gasteiger charge is 2.50. The maximum Gasteiger partial charge on any atom is 0.226 e. The lowest BCUT2D eigenvalue weighted by atomic mass is 9.57. The minimum atomic E-state index is -0.651. The van der Waals surface area contributed by atoms with E-state index in [-0.39, 0.29) is 29.1 Å². The van der Waals surface area contributed by atoms with Gasteiger partial charge in [-0.05, 0) is 49.4 Å². The van der Waals surface area contributed by atoms with Crippen LogP contribution in [0.3, 0.4) is 0 Å². The summed E-state index contributed by atoms with van der Waals surface area (Å²) in [6.07, 6.45) is 6.55. The zero-order valence-corrected chi connectivity index (χ0v) is 21.4. The number of fused-ring (bicyclic) bond motifs is 4. The molecule has 0 aliphatic heterocycles. The third-order valence-electron chi connectivity index (χ3n) is 8.24. The number of aromatic nitrogens is 3. The first-order valence-corrected chi connectivity index (χ1v) is 13.1. The summed E-state index contributed by atoms with van der Waals surface area (Å²) in [6, 6.07) is 16.4. The number of hydrogen-bond donors (Lipinski definition) is 0. The predicted octanol–water partition coefficient (Wildman–Crippen LogP) is 7.12. The molecule has 3 atom stereocenters. The van der Waals surface area contributed by atoms with Crippen LogP contribution in [-0.2, 0) is 16.6 Å². The SMILES string of the molecule is [C-]#[N+]C1=C[C@@]2(C)c3nc(-c4ccnc5ccccc45)nc(-c4ccccc4F)c3CC[C@@H]2[C@@H](CCC)C1=O. The van der Waals surface area contributed by atoms with E-state index in [0.717, 1.165) is 47.0 Å². The lowest BCUT2D eigenvalue weighted by Gasteiger charge is -2.47. The van der Waals surface area contributed by atoms with E-state index >= 15 is 4.39 Å². The van der Waals surface area contributed by atoms with E-state index < -0.39 is 5.41 Å². The van der Waals surface area contributed by atoms with Gasteiger partial charge in [0.1, 0.15) is 5.82 Å². The Balaban J connectivity index is 1.68. The van der Waals surface area contributed by atoms with Gasteiger partial charge in [-0.25, -0.2) is 19.2 Å². The summed E-state index contributed by atoms with van der Waals surface area (Å²) in [5.74, 6) is -0.130. The second-order valence-corrected chi connectivity index (χ2v) is 10.4. The molecule has 6 heteroatoms. The van der Waals surface area contributed by atoms with Gasteiger partial charge in [0, 0.05) is 39.6 Å². The number of para-hydroxylation sites is 1. The number of Topliss-reactive ketones (excluding diaryl/α,β-unsaturated/α-hetero) is 1. The van der Waals surface area contributed by atoms with Crippen LogP contribution in [0, 0.1) is 24.2 Å². The molecule has 2 heterocycles. The molecular weight excluding hydrogens is 475 g/mol. The summed E-state index contributed by atoms with van der Waals surface area (Å²) in [7, 11) is 0. The standard InChI is InChI=1S/C32H27FN4O/c1-4-9-21-24-15-14-23-28(22-11-5-7-12-25(22)33)36-31(20-16-17-35-26-13-8-6-10-19(20)26)37-30(23)32(24,2)18-27(34-3)29(21)38/h5-8,10-13,16-18,21,24H,4,9,14-15H2,1-2H3/t21-,24-,32-/m1/s1. The van der Waals surface area contributed by atoms with Gasteiger partial charge in [-0.3, -0.25) is 4.98 Å². The number of benzene rings is 2. The Morgan fingerprint density at radius 3 is 2.66 bits per heavy atom. The average Bonchev–Trinajstić information content (AvgIpc) is 2.94. The molecule has 0 radical (unpaired) electrons. The van der Waals surface area contributed by atoms with Crippen LogP contribution in [0.2, 0.25) is 0 Å². The van der Waals surface area contributed by atoms with Crippen molar-refractivity contribution in [2.75, 3.05) is 0 Å². The monoisotopic (exact) mass is 502 g/mol. The Hall–Kier alpha value is -4.24. The average molecular weight is 503 g/mol. The Kier molecular flexibility index (Phi) is 5.87. The lowest BCUT2D eigenvalue weighted by molar-refractivity contribution is -0.122. The van der Waals surface area contributed by atoms with E-state index in [1.807, 2.05) is 42.5 Å². The number of nitrogens with zero attached hydrogens (tertiary/aromatic N) is 4. The lowest BCUT2D eigenvalue weighted by Crippen LogP contribution is -2.47. The summed E-state index contributed by atoms with van der Waals surface area (Å²) in [4.78, 5) is 31.5. The van der Waals surface area contributed by atoms with Crippen LogP contribution in [0.4, 0.5) is 4.39 Å². The van der Waals surface area contributed by atoms with Crippen LogP contribution in [0.25, 0.3) is 38.4 Å². The van der Waals surface area contributed by atoms with Gasteiger partial charge < -0.3 is 4.79 Å². The Morgan fingerprint density at radius 2 is 1.87 bits per heavy atom. The van der Waals surface area contributed by atoms with Gasteiger partial charge >= 0.3 is 0 Å². The fourth-order valence-electron chi connectivity index (χ4n) is 6.48. The van der Waals surface area contributed by atoms with Crippen LogP contribution in [0.1, 0.15) is 44.4 Å². The van der Waals surface area contributed by atoms with Gasteiger partial charge in [0.25, 0.3) is 0 Å². The fraction of sp³-hybridized carbons (Fsp3) is 0.281. The highest BCUT2D eigenvalue weighted by atomic mass is 19.1. The molecule has 0 saturated carbocycles. The molecule has 4 aromatic rings. The number of carbonyl (C=O) groups is 1. The minimum absolute atomic E-state index is 0.0124. The van der Waals surface area contributed by atoms with Crippen molar-refractivity contribution < 1.29 is 9.18 Å². The molecule has 5 nitrogen and oxygen atoms in total. The molecule has 0 spiro atoms. The molecule has 2 aromatic heterocycles. The highest BCUT2D eigenvalue weighted by Crippen LogP contribution is 2.52. The second-order valence-electron chi connectivity index (χ2n) is 10.4. The number of hydrogen-bond acceptors (Lipinski definition) is 4. The summed E-state index contributed by atoms with van der Waals surface area (Å²) in [5, 5.41) is 0.909. The molecule has 0 saturated heterocycles. The number of halogens is 1. The zero-order valence-electron chi connectivity index (χ0n) is 21.4. The summed E-state index contributed by atoms with van der Waals surface area (Å²) >= 11 is 0. The molecule has 6 rings (SSSR count). The molecule has 188 valence electrons. The molecule has 2 aliphatic rings. The van der Waals surface area contributed by atoms with E-state index in [2.05, 4.69) is 23.7 Å². The summed E-state index contributed by atoms with van der Waals surface area (Å²) < 4.78 is 15.2. The Bertz CT molecular complexity index is 1660. The molecule has 38 heavy (non-hydrogen) atoms. The maximum atomic E-state index is 15.2. The molecule has 0 unspecified atom stereocenters. The van der Waals surface area contributed by atoms with Gasteiger partial charge in [0.15, 0.2) is 11.6 Å². The van der Waals surface area contributed by atoms with Gasteiger partial charge in [-0.15, -0.1) is 0 Å². The van der Waals surface area contributed by atoms with E-state index in [0.29, 0.717) is 23.5 Å². The first-order valence-electron chi connectivity index (χ1n) is 13.1. The quantitative estimate of drug-likeness (QED) is 0.279.